The van der Waals surface area contributed by atoms with Gasteiger partial charge in [0.1, 0.15) is 17.3 Å². The number of alkyl halides is 1. The summed E-state index contributed by atoms with van der Waals surface area (Å²) in [5, 5.41) is 0. The molecule has 0 radical (unpaired) electrons. The second-order valence-electron chi connectivity index (χ2n) is 8.00. The van der Waals surface area contributed by atoms with Crippen LogP contribution in [0.15, 0.2) is 12.1 Å². The molecule has 1 amide bonds. The third kappa shape index (κ3) is 3.24. The molecule has 0 bridgehead atoms. The zero-order valence-corrected chi connectivity index (χ0v) is 14.9. The fraction of sp³-hybridized carbons (Fsp3) is 0.650. The van der Waals surface area contributed by atoms with Crippen molar-refractivity contribution in [3.8, 4) is 0 Å². The lowest BCUT2D eigenvalue weighted by Crippen LogP contribution is -2.46. The Morgan fingerprint density at radius 1 is 1.00 bits per heavy atom. The fourth-order valence-corrected chi connectivity index (χ4v) is 4.50. The summed E-state index contributed by atoms with van der Waals surface area (Å²) in [5.74, 6) is -1.74. The Morgan fingerprint density at radius 2 is 1.54 bits per heavy atom. The third-order valence-corrected chi connectivity index (χ3v) is 6.15. The summed E-state index contributed by atoms with van der Waals surface area (Å²) in [7, 11) is 0. The Bertz CT molecular complexity index is 667. The smallest absolute Gasteiger partial charge is 0.225 e. The molecular weight excluding hydrogens is 341 g/mol. The molecule has 0 aromatic heterocycles. The molecule has 1 aromatic carbocycles. The van der Waals surface area contributed by atoms with Gasteiger partial charge >= 0.3 is 0 Å². The van der Waals surface area contributed by atoms with Crippen LogP contribution < -0.4 is 0 Å². The van der Waals surface area contributed by atoms with E-state index in [0.717, 1.165) is 64.0 Å². The van der Waals surface area contributed by atoms with Gasteiger partial charge in [-0.25, -0.2) is 13.2 Å². The Balaban J connectivity index is 1.45. The lowest BCUT2D eigenvalue weighted by molar-refractivity contribution is -0.144. The maximum atomic E-state index is 15.1. The van der Waals surface area contributed by atoms with Crippen LogP contribution in [0.5, 0.6) is 0 Å². The van der Waals surface area contributed by atoms with E-state index in [0.29, 0.717) is 0 Å². The van der Waals surface area contributed by atoms with E-state index in [2.05, 4.69) is 0 Å². The second kappa shape index (κ2) is 6.87. The van der Waals surface area contributed by atoms with Gasteiger partial charge in [-0.1, -0.05) is 0 Å². The number of carbonyl (C=O) groups is 1. The highest BCUT2D eigenvalue weighted by Crippen LogP contribution is 2.50. The van der Waals surface area contributed by atoms with Gasteiger partial charge in [0.25, 0.3) is 0 Å². The molecule has 1 aliphatic carbocycles. The Morgan fingerprint density at radius 3 is 2.12 bits per heavy atom. The van der Waals surface area contributed by atoms with Crippen LogP contribution in [-0.4, -0.2) is 41.9 Å². The first-order valence-corrected chi connectivity index (χ1v) is 9.65. The predicted octanol–water partition coefficient (Wildman–Crippen LogP) is 3.76. The molecular formula is C20H25F3N2O. The first-order valence-electron chi connectivity index (χ1n) is 9.65. The molecule has 0 spiro atoms. The van der Waals surface area contributed by atoms with Gasteiger partial charge in [0, 0.05) is 31.1 Å². The highest BCUT2D eigenvalue weighted by atomic mass is 19.1. The monoisotopic (exact) mass is 366 g/mol. The summed E-state index contributed by atoms with van der Waals surface area (Å²) in [6.45, 7) is 3.39. The number of hydrogen-bond donors (Lipinski definition) is 0. The average molecular weight is 366 g/mol. The van der Waals surface area contributed by atoms with Crippen molar-refractivity contribution in [3.05, 3.63) is 34.9 Å². The minimum atomic E-state index is -1.80. The molecule has 3 fully saturated rings. The van der Waals surface area contributed by atoms with Gasteiger partial charge in [-0.15, -0.1) is 0 Å². The van der Waals surface area contributed by atoms with Crippen molar-refractivity contribution in [2.75, 3.05) is 26.2 Å². The van der Waals surface area contributed by atoms with E-state index >= 15 is 4.39 Å². The van der Waals surface area contributed by atoms with Crippen molar-refractivity contribution in [3.63, 3.8) is 0 Å². The zero-order valence-electron chi connectivity index (χ0n) is 14.9. The first kappa shape index (κ1) is 17.8. The van der Waals surface area contributed by atoms with E-state index in [9.17, 15) is 13.6 Å². The SMILES string of the molecule is O=C(C1CC(F)(c2cc(F)c(CN3CCCC3)c(F)c2)C1)N1CCCC1. The number of halogens is 3. The van der Waals surface area contributed by atoms with Crippen LogP contribution in [0.2, 0.25) is 0 Å². The number of carbonyl (C=O) groups excluding carboxylic acids is 1. The van der Waals surface area contributed by atoms with Crippen LogP contribution in [0, 0.1) is 17.6 Å². The third-order valence-electron chi connectivity index (χ3n) is 6.15. The number of nitrogens with zero attached hydrogens (tertiary/aromatic N) is 2. The van der Waals surface area contributed by atoms with E-state index in [1.807, 2.05) is 4.90 Å². The van der Waals surface area contributed by atoms with Crippen LogP contribution in [0.3, 0.4) is 0 Å². The molecule has 1 aromatic rings. The Labute approximate surface area is 152 Å². The molecule has 0 atom stereocenters. The van der Waals surface area contributed by atoms with Gasteiger partial charge in [0.15, 0.2) is 0 Å². The van der Waals surface area contributed by atoms with Crippen molar-refractivity contribution in [1.29, 1.82) is 0 Å². The second-order valence-corrected chi connectivity index (χ2v) is 8.00. The van der Waals surface area contributed by atoms with Crippen molar-refractivity contribution in [2.24, 2.45) is 5.92 Å². The van der Waals surface area contributed by atoms with Crippen LogP contribution in [0.25, 0.3) is 0 Å². The summed E-state index contributed by atoms with van der Waals surface area (Å²) >= 11 is 0. The maximum absolute atomic E-state index is 15.1. The molecule has 2 saturated heterocycles. The van der Waals surface area contributed by atoms with Crippen LogP contribution in [0.1, 0.15) is 49.7 Å². The molecule has 6 heteroatoms. The first-order chi connectivity index (χ1) is 12.5. The summed E-state index contributed by atoms with van der Waals surface area (Å²) in [4.78, 5) is 16.1. The maximum Gasteiger partial charge on any atom is 0.225 e. The van der Waals surface area contributed by atoms with Gasteiger partial charge in [-0.05, 0) is 69.3 Å². The van der Waals surface area contributed by atoms with Crippen molar-refractivity contribution >= 4 is 5.91 Å². The lowest BCUT2D eigenvalue weighted by Gasteiger charge is -2.42. The van der Waals surface area contributed by atoms with E-state index in [-0.39, 0.29) is 42.3 Å². The van der Waals surface area contributed by atoms with Crippen molar-refractivity contribution in [1.82, 2.24) is 9.80 Å². The molecule has 0 N–H and O–H groups in total. The number of rotatable bonds is 4. The number of likely N-dealkylation sites (tertiary alicyclic amines) is 2. The summed E-state index contributed by atoms with van der Waals surface area (Å²) in [6.07, 6.45) is 4.12. The number of amides is 1. The molecule has 2 aliphatic heterocycles. The highest BCUT2D eigenvalue weighted by Gasteiger charge is 2.50. The molecule has 26 heavy (non-hydrogen) atoms. The van der Waals surface area contributed by atoms with Crippen LogP contribution in [-0.2, 0) is 17.0 Å². The molecule has 0 unspecified atom stereocenters. The van der Waals surface area contributed by atoms with Crippen molar-refractivity contribution in [2.45, 2.75) is 50.7 Å². The van der Waals surface area contributed by atoms with E-state index in [4.69, 9.17) is 0 Å². The summed E-state index contributed by atoms with van der Waals surface area (Å²) < 4.78 is 44.0. The molecule has 142 valence electrons. The standard InChI is InChI=1S/C20H25F3N2O/c21-17-9-15(10-18(22)16(17)13-24-5-1-2-6-24)20(23)11-14(12-20)19(26)25-7-3-4-8-25/h9-10,14H,1-8,11-13H2. The predicted molar refractivity (Wildman–Crippen MR) is 92.2 cm³/mol. The lowest BCUT2D eigenvalue weighted by atomic mass is 9.68. The van der Waals surface area contributed by atoms with Gasteiger partial charge in [-0.2, -0.15) is 0 Å². The van der Waals surface area contributed by atoms with E-state index < -0.39 is 17.3 Å². The Hall–Kier alpha value is -1.56. The highest BCUT2D eigenvalue weighted by molar-refractivity contribution is 5.80. The van der Waals surface area contributed by atoms with Crippen LogP contribution in [0.4, 0.5) is 13.2 Å². The van der Waals surface area contributed by atoms with Gasteiger partial charge in [0.2, 0.25) is 5.91 Å². The van der Waals surface area contributed by atoms with Gasteiger partial charge in [-0.3, -0.25) is 9.69 Å². The summed E-state index contributed by atoms with van der Waals surface area (Å²) in [6, 6.07) is 2.26. The molecule has 3 aliphatic rings. The Kier molecular flexibility index (Phi) is 4.71. The largest absolute Gasteiger partial charge is 0.342 e. The van der Waals surface area contributed by atoms with Gasteiger partial charge < -0.3 is 4.90 Å². The van der Waals surface area contributed by atoms with Crippen LogP contribution >= 0.6 is 0 Å². The molecule has 1 saturated carbocycles. The minimum Gasteiger partial charge on any atom is -0.342 e. The van der Waals surface area contributed by atoms with Gasteiger partial charge in [0.05, 0.1) is 0 Å². The molecule has 4 rings (SSSR count). The van der Waals surface area contributed by atoms with Crippen molar-refractivity contribution < 1.29 is 18.0 Å². The van der Waals surface area contributed by atoms with E-state index in [1.165, 1.54) is 0 Å². The average Bonchev–Trinajstić information content (AvgIpc) is 3.27. The number of hydrogen-bond acceptors (Lipinski definition) is 2. The fourth-order valence-electron chi connectivity index (χ4n) is 4.50. The minimum absolute atomic E-state index is 0.0117. The molecule has 2 heterocycles. The normalized spacial score (nSPS) is 29.2. The quantitative estimate of drug-likeness (QED) is 0.810. The van der Waals surface area contributed by atoms with E-state index in [1.54, 1.807) is 4.90 Å². The zero-order chi connectivity index (χ0) is 18.3. The molecule has 3 nitrogen and oxygen atoms in total. The number of benzene rings is 1. The summed E-state index contributed by atoms with van der Waals surface area (Å²) in [5.41, 5.74) is -1.75. The topological polar surface area (TPSA) is 23.6 Å².